The Morgan fingerprint density at radius 1 is 0.900 bits per heavy atom. The standard InChI is InChI=1S/C25H40N2O2S/c1-2-3-4-5-6-7-8-9-10-11-12-13-17-20-23(28)26-27-24(29)21-30-25(27)22-18-15-14-16-19-22/h14-16,18-19,25H,2-13,17,20-21H2,1H3,(H,26,28). The highest BCUT2D eigenvalue weighted by Gasteiger charge is 2.33. The van der Waals surface area contributed by atoms with Crippen LogP contribution < -0.4 is 5.43 Å². The lowest BCUT2D eigenvalue weighted by molar-refractivity contribution is -0.139. The number of rotatable bonds is 16. The quantitative estimate of drug-likeness (QED) is 0.293. The van der Waals surface area contributed by atoms with E-state index in [1.54, 1.807) is 11.8 Å². The monoisotopic (exact) mass is 432 g/mol. The van der Waals surface area contributed by atoms with Crippen LogP contribution in [0.4, 0.5) is 0 Å². The summed E-state index contributed by atoms with van der Waals surface area (Å²) in [5.74, 6) is 0.348. The summed E-state index contributed by atoms with van der Waals surface area (Å²) in [6.45, 7) is 2.27. The highest BCUT2D eigenvalue weighted by molar-refractivity contribution is 8.00. The molecule has 1 aromatic rings. The van der Waals surface area contributed by atoms with Crippen LogP contribution >= 0.6 is 11.8 Å². The molecule has 0 aliphatic carbocycles. The normalized spacial score (nSPS) is 16.2. The average molecular weight is 433 g/mol. The average Bonchev–Trinajstić information content (AvgIpc) is 3.12. The van der Waals surface area contributed by atoms with Gasteiger partial charge in [0.1, 0.15) is 5.37 Å². The van der Waals surface area contributed by atoms with Gasteiger partial charge in [-0.15, -0.1) is 11.8 Å². The van der Waals surface area contributed by atoms with Gasteiger partial charge in [0.15, 0.2) is 0 Å². The van der Waals surface area contributed by atoms with E-state index in [9.17, 15) is 9.59 Å². The minimum Gasteiger partial charge on any atom is -0.273 e. The fourth-order valence-corrected chi connectivity index (χ4v) is 5.01. The van der Waals surface area contributed by atoms with Crippen LogP contribution in [-0.4, -0.2) is 22.6 Å². The minimum absolute atomic E-state index is 0.0208. The van der Waals surface area contributed by atoms with Crippen LogP contribution in [0.15, 0.2) is 30.3 Å². The third kappa shape index (κ3) is 9.55. The van der Waals surface area contributed by atoms with Gasteiger partial charge in [-0.2, -0.15) is 0 Å². The van der Waals surface area contributed by atoms with Crippen molar-refractivity contribution in [2.75, 3.05) is 5.75 Å². The summed E-state index contributed by atoms with van der Waals surface area (Å²) in [6.07, 6.45) is 17.3. The number of hydrazine groups is 1. The number of unbranched alkanes of at least 4 members (excludes halogenated alkanes) is 12. The van der Waals surface area contributed by atoms with Gasteiger partial charge in [0.25, 0.3) is 5.91 Å². The molecule has 2 rings (SSSR count). The molecule has 0 saturated carbocycles. The number of hydrogen-bond donors (Lipinski definition) is 1. The molecule has 0 spiro atoms. The van der Waals surface area contributed by atoms with E-state index < -0.39 is 0 Å². The van der Waals surface area contributed by atoms with Gasteiger partial charge in [-0.25, -0.2) is 5.01 Å². The molecule has 1 atom stereocenters. The molecule has 1 fully saturated rings. The van der Waals surface area contributed by atoms with Crippen molar-refractivity contribution in [3.63, 3.8) is 0 Å². The maximum absolute atomic E-state index is 12.3. The lowest BCUT2D eigenvalue weighted by atomic mass is 10.0. The van der Waals surface area contributed by atoms with Crippen LogP contribution in [0.5, 0.6) is 0 Å². The van der Waals surface area contributed by atoms with E-state index in [0.717, 1.165) is 18.4 Å². The van der Waals surface area contributed by atoms with Gasteiger partial charge in [0.2, 0.25) is 5.91 Å². The summed E-state index contributed by atoms with van der Waals surface area (Å²) < 4.78 is 0. The Kier molecular flexibility index (Phi) is 12.7. The van der Waals surface area contributed by atoms with Crippen molar-refractivity contribution in [3.05, 3.63) is 35.9 Å². The molecule has 2 amide bonds. The van der Waals surface area contributed by atoms with E-state index >= 15 is 0 Å². The lowest BCUT2D eigenvalue weighted by Gasteiger charge is -2.24. The zero-order valence-corrected chi connectivity index (χ0v) is 19.6. The van der Waals surface area contributed by atoms with Crippen LogP contribution in [0.3, 0.4) is 0 Å². The zero-order chi connectivity index (χ0) is 21.4. The minimum atomic E-state index is -0.116. The first-order chi connectivity index (χ1) is 14.7. The molecule has 1 aliphatic heterocycles. The van der Waals surface area contributed by atoms with Crippen molar-refractivity contribution >= 4 is 23.6 Å². The zero-order valence-electron chi connectivity index (χ0n) is 18.7. The summed E-state index contributed by atoms with van der Waals surface area (Å²) >= 11 is 1.56. The Bertz CT molecular complexity index is 608. The second-order valence-electron chi connectivity index (χ2n) is 8.37. The van der Waals surface area contributed by atoms with E-state index in [0.29, 0.717) is 12.2 Å². The molecule has 1 unspecified atom stereocenters. The number of carbonyl (C=O) groups excluding carboxylic acids is 2. The number of nitrogens with one attached hydrogen (secondary N) is 1. The number of nitrogens with zero attached hydrogens (tertiary/aromatic N) is 1. The Balaban J connectivity index is 1.49. The van der Waals surface area contributed by atoms with Crippen LogP contribution in [0.1, 0.15) is 108 Å². The molecule has 30 heavy (non-hydrogen) atoms. The largest absolute Gasteiger partial charge is 0.273 e. The summed E-state index contributed by atoms with van der Waals surface area (Å²) in [7, 11) is 0. The molecule has 0 bridgehead atoms. The number of carbonyl (C=O) groups is 2. The maximum Gasteiger partial charge on any atom is 0.252 e. The van der Waals surface area contributed by atoms with Crippen molar-refractivity contribution in [2.45, 2.75) is 102 Å². The summed E-state index contributed by atoms with van der Waals surface area (Å²) in [4.78, 5) is 24.5. The van der Waals surface area contributed by atoms with Gasteiger partial charge in [-0.1, -0.05) is 114 Å². The first-order valence-electron chi connectivity index (χ1n) is 12.0. The number of thioether (sulfide) groups is 1. The van der Waals surface area contributed by atoms with E-state index in [1.807, 2.05) is 30.3 Å². The number of benzene rings is 1. The van der Waals surface area contributed by atoms with E-state index in [4.69, 9.17) is 0 Å². The van der Waals surface area contributed by atoms with Gasteiger partial charge in [-0.3, -0.25) is 15.0 Å². The van der Waals surface area contributed by atoms with Crippen molar-refractivity contribution in [1.29, 1.82) is 0 Å². The molecular formula is C25H40N2O2S. The van der Waals surface area contributed by atoms with Gasteiger partial charge in [-0.05, 0) is 12.0 Å². The predicted molar refractivity (Wildman–Crippen MR) is 127 cm³/mol. The highest BCUT2D eigenvalue weighted by Crippen LogP contribution is 2.37. The fourth-order valence-electron chi connectivity index (χ4n) is 3.90. The van der Waals surface area contributed by atoms with Gasteiger partial charge in [0.05, 0.1) is 5.75 Å². The summed E-state index contributed by atoms with van der Waals surface area (Å²) in [6, 6.07) is 9.89. The van der Waals surface area contributed by atoms with Gasteiger partial charge < -0.3 is 0 Å². The van der Waals surface area contributed by atoms with Crippen molar-refractivity contribution in [1.82, 2.24) is 10.4 Å². The Hall–Kier alpha value is -1.49. The second kappa shape index (κ2) is 15.3. The van der Waals surface area contributed by atoms with Crippen LogP contribution in [0, 0.1) is 0 Å². The Morgan fingerprint density at radius 3 is 2.00 bits per heavy atom. The number of hydrogen-bond acceptors (Lipinski definition) is 3. The van der Waals surface area contributed by atoms with Crippen molar-refractivity contribution < 1.29 is 9.59 Å². The van der Waals surface area contributed by atoms with Crippen molar-refractivity contribution in [2.24, 2.45) is 0 Å². The van der Waals surface area contributed by atoms with Gasteiger partial charge >= 0.3 is 0 Å². The third-order valence-electron chi connectivity index (χ3n) is 5.71. The van der Waals surface area contributed by atoms with E-state index in [2.05, 4.69) is 12.3 Å². The molecule has 1 saturated heterocycles. The molecule has 5 heteroatoms. The summed E-state index contributed by atoms with van der Waals surface area (Å²) in [5.41, 5.74) is 3.90. The number of amides is 2. The van der Waals surface area contributed by atoms with E-state index in [1.165, 1.54) is 75.6 Å². The molecule has 4 nitrogen and oxygen atoms in total. The topological polar surface area (TPSA) is 49.4 Å². The van der Waals surface area contributed by atoms with Crippen LogP contribution in [-0.2, 0) is 9.59 Å². The Labute approximate surface area is 187 Å². The second-order valence-corrected chi connectivity index (χ2v) is 9.43. The van der Waals surface area contributed by atoms with Gasteiger partial charge in [0, 0.05) is 6.42 Å². The lowest BCUT2D eigenvalue weighted by Crippen LogP contribution is -2.44. The molecule has 0 aromatic heterocycles. The molecular weight excluding hydrogens is 392 g/mol. The smallest absolute Gasteiger partial charge is 0.252 e. The predicted octanol–water partition coefficient (Wildman–Crippen LogP) is 6.77. The van der Waals surface area contributed by atoms with E-state index in [-0.39, 0.29) is 17.2 Å². The fraction of sp³-hybridized carbons (Fsp3) is 0.680. The molecule has 1 aromatic carbocycles. The maximum atomic E-state index is 12.3. The SMILES string of the molecule is CCCCCCCCCCCCCCCC(=O)NN1C(=O)CSC1c1ccccc1. The first kappa shape index (κ1) is 24.8. The molecule has 1 heterocycles. The molecule has 1 N–H and O–H groups in total. The molecule has 0 radical (unpaired) electrons. The third-order valence-corrected chi connectivity index (χ3v) is 6.92. The molecule has 1 aliphatic rings. The molecule has 168 valence electrons. The van der Waals surface area contributed by atoms with Crippen LogP contribution in [0.25, 0.3) is 0 Å². The van der Waals surface area contributed by atoms with Crippen molar-refractivity contribution in [3.8, 4) is 0 Å². The van der Waals surface area contributed by atoms with Crippen LogP contribution in [0.2, 0.25) is 0 Å². The summed E-state index contributed by atoms with van der Waals surface area (Å²) in [5, 5.41) is 1.40. The Morgan fingerprint density at radius 2 is 1.43 bits per heavy atom. The first-order valence-corrected chi connectivity index (χ1v) is 13.1. The highest BCUT2D eigenvalue weighted by atomic mass is 32.2.